The van der Waals surface area contributed by atoms with E-state index in [4.69, 9.17) is 0 Å². The minimum Gasteiger partial charge on any atom is -0.478 e. The molecule has 2 heterocycles. The SMILES string of the molecule is CC.Cc1cc(C(=O)O)ccc1-c1nc(NCCN(C)C)nc2c1CNC(=O)N2c1c(F)cccc1F. The van der Waals surface area contributed by atoms with Crippen molar-refractivity contribution in [3.63, 3.8) is 0 Å². The van der Waals surface area contributed by atoms with Gasteiger partial charge in [-0.2, -0.15) is 4.98 Å². The Morgan fingerprint density at radius 1 is 1.16 bits per heavy atom. The molecule has 37 heavy (non-hydrogen) atoms. The summed E-state index contributed by atoms with van der Waals surface area (Å²) in [5.41, 5.74) is 1.66. The molecule has 11 heteroatoms. The summed E-state index contributed by atoms with van der Waals surface area (Å²) in [7, 11) is 3.81. The van der Waals surface area contributed by atoms with Crippen molar-refractivity contribution in [2.75, 3.05) is 37.4 Å². The number of hydrogen-bond acceptors (Lipinski definition) is 6. The van der Waals surface area contributed by atoms with E-state index in [1.54, 1.807) is 13.0 Å². The summed E-state index contributed by atoms with van der Waals surface area (Å²) in [5, 5.41) is 15.1. The maximum absolute atomic E-state index is 14.7. The van der Waals surface area contributed by atoms with Crippen molar-refractivity contribution in [3.8, 4) is 11.3 Å². The Morgan fingerprint density at radius 2 is 1.84 bits per heavy atom. The number of aromatic nitrogens is 2. The van der Waals surface area contributed by atoms with E-state index in [1.807, 2.05) is 32.8 Å². The van der Waals surface area contributed by atoms with Gasteiger partial charge in [-0.25, -0.2) is 28.3 Å². The number of benzene rings is 2. The molecule has 3 aromatic rings. The van der Waals surface area contributed by atoms with Gasteiger partial charge in [-0.05, 0) is 50.8 Å². The third-order valence-electron chi connectivity index (χ3n) is 5.55. The number of carbonyl (C=O) groups is 2. The number of aromatic carboxylic acids is 1. The third kappa shape index (κ3) is 5.83. The molecular weight excluding hydrogens is 482 g/mol. The van der Waals surface area contributed by atoms with Crippen LogP contribution in [0.15, 0.2) is 36.4 Å². The molecule has 0 saturated carbocycles. The van der Waals surface area contributed by atoms with Gasteiger partial charge < -0.3 is 20.6 Å². The predicted molar refractivity (Wildman–Crippen MR) is 138 cm³/mol. The van der Waals surface area contributed by atoms with Crippen LogP contribution in [0.5, 0.6) is 0 Å². The van der Waals surface area contributed by atoms with Gasteiger partial charge in [0.15, 0.2) is 5.82 Å². The first-order chi connectivity index (χ1) is 17.7. The van der Waals surface area contributed by atoms with Crippen LogP contribution in [0.2, 0.25) is 0 Å². The summed E-state index contributed by atoms with van der Waals surface area (Å²) in [6.45, 7) is 6.90. The summed E-state index contributed by atoms with van der Waals surface area (Å²) in [4.78, 5) is 36.1. The van der Waals surface area contributed by atoms with Crippen molar-refractivity contribution in [2.24, 2.45) is 0 Å². The quantitative estimate of drug-likeness (QED) is 0.417. The topological polar surface area (TPSA) is 111 Å². The summed E-state index contributed by atoms with van der Waals surface area (Å²) in [6, 6.07) is 7.19. The van der Waals surface area contributed by atoms with E-state index in [1.165, 1.54) is 18.2 Å². The van der Waals surface area contributed by atoms with Crippen LogP contribution in [0, 0.1) is 18.6 Å². The normalized spacial score (nSPS) is 12.4. The average molecular weight is 513 g/mol. The zero-order valence-electron chi connectivity index (χ0n) is 21.4. The van der Waals surface area contributed by atoms with E-state index in [0.717, 1.165) is 17.0 Å². The van der Waals surface area contributed by atoms with E-state index < -0.39 is 29.3 Å². The van der Waals surface area contributed by atoms with Crippen LogP contribution in [0.1, 0.15) is 35.3 Å². The second-order valence-electron chi connectivity index (χ2n) is 8.33. The van der Waals surface area contributed by atoms with Gasteiger partial charge in [0.1, 0.15) is 17.3 Å². The van der Waals surface area contributed by atoms with Crippen molar-refractivity contribution in [1.29, 1.82) is 0 Å². The van der Waals surface area contributed by atoms with Crippen molar-refractivity contribution in [2.45, 2.75) is 27.3 Å². The molecule has 2 aromatic carbocycles. The lowest BCUT2D eigenvalue weighted by molar-refractivity contribution is 0.0696. The first-order valence-corrected chi connectivity index (χ1v) is 11.8. The van der Waals surface area contributed by atoms with Crippen molar-refractivity contribution in [3.05, 3.63) is 64.7 Å². The van der Waals surface area contributed by atoms with Gasteiger partial charge in [0.25, 0.3) is 0 Å². The number of nitrogens with zero attached hydrogens (tertiary/aromatic N) is 4. The zero-order valence-corrected chi connectivity index (χ0v) is 21.4. The highest BCUT2D eigenvalue weighted by atomic mass is 19.1. The maximum Gasteiger partial charge on any atom is 0.335 e. The van der Waals surface area contributed by atoms with Crippen LogP contribution in [0.4, 0.5) is 31.0 Å². The highest BCUT2D eigenvalue weighted by Gasteiger charge is 2.34. The second kappa shape index (κ2) is 11.7. The number of rotatable bonds is 7. The van der Waals surface area contributed by atoms with Crippen LogP contribution in [-0.4, -0.2) is 59.2 Å². The van der Waals surface area contributed by atoms with Crippen molar-refractivity contribution >= 4 is 29.5 Å². The van der Waals surface area contributed by atoms with E-state index in [0.29, 0.717) is 35.5 Å². The van der Waals surface area contributed by atoms with Crippen molar-refractivity contribution < 1.29 is 23.5 Å². The summed E-state index contributed by atoms with van der Waals surface area (Å²) in [5.74, 6) is -2.70. The molecule has 4 rings (SSSR count). The molecule has 0 aliphatic carbocycles. The number of anilines is 3. The van der Waals surface area contributed by atoms with E-state index in [2.05, 4.69) is 20.6 Å². The predicted octanol–water partition coefficient (Wildman–Crippen LogP) is 4.79. The summed E-state index contributed by atoms with van der Waals surface area (Å²) < 4.78 is 29.4. The largest absolute Gasteiger partial charge is 0.478 e. The number of likely N-dealkylation sites (N-methyl/N-ethyl adjacent to an activating group) is 1. The van der Waals surface area contributed by atoms with Gasteiger partial charge in [0, 0.05) is 24.2 Å². The lowest BCUT2D eigenvalue weighted by Crippen LogP contribution is -2.43. The van der Waals surface area contributed by atoms with Gasteiger partial charge >= 0.3 is 12.0 Å². The number of aryl methyl sites for hydroxylation is 1. The van der Waals surface area contributed by atoms with Crippen LogP contribution in [-0.2, 0) is 6.54 Å². The number of carbonyl (C=O) groups excluding carboxylic acids is 1. The molecule has 0 spiro atoms. The first-order valence-electron chi connectivity index (χ1n) is 11.8. The molecule has 0 atom stereocenters. The molecule has 9 nitrogen and oxygen atoms in total. The molecule has 3 N–H and O–H groups in total. The molecule has 0 saturated heterocycles. The molecule has 0 fully saturated rings. The number of fused-ring (bicyclic) bond motifs is 1. The average Bonchev–Trinajstić information content (AvgIpc) is 2.85. The Kier molecular flexibility index (Phi) is 8.72. The fourth-order valence-electron chi connectivity index (χ4n) is 3.82. The Labute approximate surface area is 214 Å². The molecule has 0 bridgehead atoms. The van der Waals surface area contributed by atoms with Gasteiger partial charge in [-0.15, -0.1) is 0 Å². The van der Waals surface area contributed by atoms with Crippen LogP contribution in [0.3, 0.4) is 0 Å². The number of carboxylic acid groups (broad SMARTS) is 1. The standard InChI is InChI=1S/C24H24F2N6O3.C2H6/c1-13-11-14(22(33)34)7-8-15(13)19-16-12-28-24(35)32(20-17(25)5-4-6-18(20)26)21(16)30-23(29-19)27-9-10-31(2)3;1-2/h4-8,11H,9-10,12H2,1-3H3,(H,28,35)(H,33,34)(H,27,29,30);1-2H3. The minimum atomic E-state index is -1.07. The highest BCUT2D eigenvalue weighted by Crippen LogP contribution is 2.39. The highest BCUT2D eigenvalue weighted by molar-refractivity contribution is 6.02. The molecule has 2 amide bonds. The number of amides is 2. The van der Waals surface area contributed by atoms with Crippen LogP contribution >= 0.6 is 0 Å². The van der Waals surface area contributed by atoms with Gasteiger partial charge in [-0.1, -0.05) is 26.0 Å². The molecule has 1 aliphatic rings. The fraction of sp³-hybridized carbons (Fsp3) is 0.308. The summed E-state index contributed by atoms with van der Waals surface area (Å²) in [6.07, 6.45) is 0. The Balaban J connectivity index is 0.00000186. The Morgan fingerprint density at radius 3 is 2.43 bits per heavy atom. The second-order valence-corrected chi connectivity index (χ2v) is 8.33. The number of urea groups is 1. The van der Waals surface area contributed by atoms with E-state index in [9.17, 15) is 23.5 Å². The lowest BCUT2D eigenvalue weighted by atomic mass is 9.98. The zero-order chi connectivity index (χ0) is 27.3. The summed E-state index contributed by atoms with van der Waals surface area (Å²) >= 11 is 0. The number of hydrogen-bond donors (Lipinski definition) is 3. The molecule has 196 valence electrons. The van der Waals surface area contributed by atoms with Gasteiger partial charge in [0.05, 0.1) is 17.8 Å². The molecule has 1 aliphatic heterocycles. The van der Waals surface area contributed by atoms with Crippen molar-refractivity contribution in [1.82, 2.24) is 20.2 Å². The first kappa shape index (κ1) is 27.5. The minimum absolute atomic E-state index is 0.0220. The van der Waals surface area contributed by atoms with Crippen LogP contribution < -0.4 is 15.5 Å². The van der Waals surface area contributed by atoms with E-state index in [-0.39, 0.29) is 23.9 Å². The Hall–Kier alpha value is -4.12. The fourth-order valence-corrected chi connectivity index (χ4v) is 3.82. The van der Waals surface area contributed by atoms with E-state index >= 15 is 0 Å². The molecular formula is C26H30F2N6O3. The van der Waals surface area contributed by atoms with Crippen LogP contribution in [0.25, 0.3) is 11.3 Å². The number of halogens is 2. The molecule has 1 aromatic heterocycles. The van der Waals surface area contributed by atoms with Gasteiger partial charge in [0.2, 0.25) is 5.95 Å². The monoisotopic (exact) mass is 512 g/mol. The molecule has 0 radical (unpaired) electrons. The third-order valence-corrected chi connectivity index (χ3v) is 5.55. The number of para-hydroxylation sites is 1. The smallest absolute Gasteiger partial charge is 0.335 e. The number of nitrogens with one attached hydrogen (secondary N) is 2. The number of carboxylic acids is 1. The molecule has 0 unspecified atom stereocenters. The lowest BCUT2D eigenvalue weighted by Gasteiger charge is -2.31. The maximum atomic E-state index is 14.7. The van der Waals surface area contributed by atoms with Gasteiger partial charge in [-0.3, -0.25) is 0 Å². The Bertz CT molecular complexity index is 1300.